The van der Waals surface area contributed by atoms with Gasteiger partial charge in [0, 0.05) is 23.3 Å². The van der Waals surface area contributed by atoms with Crippen LogP contribution >= 0.6 is 11.3 Å². The summed E-state index contributed by atoms with van der Waals surface area (Å²) >= 11 is 1.55. The van der Waals surface area contributed by atoms with Crippen LogP contribution < -0.4 is 0 Å². The van der Waals surface area contributed by atoms with Crippen LogP contribution in [0.3, 0.4) is 0 Å². The lowest BCUT2D eigenvalue weighted by Gasteiger charge is -1.88. The van der Waals surface area contributed by atoms with Gasteiger partial charge in [0.1, 0.15) is 5.75 Å². The minimum atomic E-state index is 0.339. The average Bonchev–Trinajstić information content (AvgIpc) is 2.46. The van der Waals surface area contributed by atoms with E-state index in [1.165, 1.54) is 0 Å². The molecule has 1 N–H and O–H groups in total. The van der Waals surface area contributed by atoms with Crippen LogP contribution in [0.4, 0.5) is 0 Å². The van der Waals surface area contributed by atoms with Gasteiger partial charge in [-0.2, -0.15) is 0 Å². The van der Waals surface area contributed by atoms with Gasteiger partial charge in [0.15, 0.2) is 0 Å². The Morgan fingerprint density at radius 3 is 2.85 bits per heavy atom. The van der Waals surface area contributed by atoms with E-state index >= 15 is 0 Å². The van der Waals surface area contributed by atoms with Crippen LogP contribution in [-0.4, -0.2) is 18.4 Å². The van der Waals surface area contributed by atoms with Crippen molar-refractivity contribution in [3.05, 3.63) is 29.1 Å². The molecular formula is C10H9NOS. The Hall–Kier alpha value is -1.35. The first kappa shape index (κ1) is 8.26. The number of rotatable bonds is 1. The zero-order valence-corrected chi connectivity index (χ0v) is 8.01. The van der Waals surface area contributed by atoms with Crippen molar-refractivity contribution in [1.82, 2.24) is 0 Å². The average molecular weight is 191 g/mol. The SMILES string of the molecule is CN=Cc1sc2ccccc2c1O. The first-order chi connectivity index (χ1) is 6.33. The summed E-state index contributed by atoms with van der Waals surface area (Å²) in [7, 11) is 1.70. The molecule has 3 heteroatoms. The van der Waals surface area contributed by atoms with Crippen molar-refractivity contribution in [3.8, 4) is 5.75 Å². The van der Waals surface area contributed by atoms with E-state index in [2.05, 4.69) is 4.99 Å². The van der Waals surface area contributed by atoms with E-state index in [-0.39, 0.29) is 0 Å². The molecule has 2 aromatic rings. The first-order valence-corrected chi connectivity index (χ1v) is 4.77. The van der Waals surface area contributed by atoms with Gasteiger partial charge in [-0.05, 0) is 12.1 Å². The summed E-state index contributed by atoms with van der Waals surface area (Å²) in [6, 6.07) is 7.79. The molecule has 0 saturated carbocycles. The first-order valence-electron chi connectivity index (χ1n) is 3.95. The van der Waals surface area contributed by atoms with Gasteiger partial charge in [-0.15, -0.1) is 11.3 Å². The number of aliphatic imine (C=N–C) groups is 1. The Labute approximate surface area is 80.2 Å². The van der Waals surface area contributed by atoms with Gasteiger partial charge in [0.05, 0.1) is 4.88 Å². The Balaban J connectivity index is 2.73. The number of nitrogens with zero attached hydrogens (tertiary/aromatic N) is 1. The van der Waals surface area contributed by atoms with E-state index in [0.717, 1.165) is 15.0 Å². The maximum absolute atomic E-state index is 9.74. The van der Waals surface area contributed by atoms with Gasteiger partial charge in [-0.3, -0.25) is 4.99 Å². The van der Waals surface area contributed by atoms with E-state index < -0.39 is 0 Å². The largest absolute Gasteiger partial charge is 0.506 e. The second-order valence-corrected chi connectivity index (χ2v) is 3.78. The summed E-state index contributed by atoms with van der Waals surface area (Å²) in [6.45, 7) is 0. The highest BCUT2D eigenvalue weighted by molar-refractivity contribution is 7.21. The topological polar surface area (TPSA) is 32.6 Å². The maximum Gasteiger partial charge on any atom is 0.142 e. The van der Waals surface area contributed by atoms with E-state index in [4.69, 9.17) is 0 Å². The third-order valence-corrected chi connectivity index (χ3v) is 2.94. The molecule has 1 aromatic carbocycles. The van der Waals surface area contributed by atoms with Crippen LogP contribution in [0.25, 0.3) is 10.1 Å². The fraction of sp³-hybridized carbons (Fsp3) is 0.100. The lowest BCUT2D eigenvalue weighted by Crippen LogP contribution is -1.71. The van der Waals surface area contributed by atoms with Crippen LogP contribution in [0.15, 0.2) is 29.3 Å². The summed E-state index contributed by atoms with van der Waals surface area (Å²) in [5, 5.41) is 10.6. The van der Waals surface area contributed by atoms with Gasteiger partial charge < -0.3 is 5.11 Å². The fourth-order valence-corrected chi connectivity index (χ4v) is 2.28. The molecule has 0 saturated heterocycles. The molecule has 1 aromatic heterocycles. The summed E-state index contributed by atoms with van der Waals surface area (Å²) in [5.74, 6) is 0.339. The van der Waals surface area contributed by atoms with Crippen molar-refractivity contribution in [3.63, 3.8) is 0 Å². The molecule has 13 heavy (non-hydrogen) atoms. The second-order valence-electron chi connectivity index (χ2n) is 2.70. The predicted molar refractivity (Wildman–Crippen MR) is 57.0 cm³/mol. The van der Waals surface area contributed by atoms with Crippen molar-refractivity contribution in [2.24, 2.45) is 4.99 Å². The highest BCUT2D eigenvalue weighted by Gasteiger charge is 2.07. The Morgan fingerprint density at radius 1 is 1.38 bits per heavy atom. The van der Waals surface area contributed by atoms with Gasteiger partial charge >= 0.3 is 0 Å². The van der Waals surface area contributed by atoms with Gasteiger partial charge in [0.2, 0.25) is 0 Å². The van der Waals surface area contributed by atoms with Crippen LogP contribution in [0.1, 0.15) is 4.88 Å². The van der Waals surface area contributed by atoms with Crippen molar-refractivity contribution in [2.75, 3.05) is 7.05 Å². The molecule has 0 fully saturated rings. The number of thiophene rings is 1. The van der Waals surface area contributed by atoms with E-state index in [1.807, 2.05) is 24.3 Å². The van der Waals surface area contributed by atoms with E-state index in [9.17, 15) is 5.11 Å². The molecule has 0 aliphatic heterocycles. The number of aromatic hydroxyl groups is 1. The highest BCUT2D eigenvalue weighted by atomic mass is 32.1. The summed E-state index contributed by atoms with van der Waals surface area (Å²) in [6.07, 6.45) is 1.68. The monoisotopic (exact) mass is 191 g/mol. The Morgan fingerprint density at radius 2 is 2.15 bits per heavy atom. The van der Waals surface area contributed by atoms with E-state index in [1.54, 1.807) is 24.6 Å². The zero-order chi connectivity index (χ0) is 9.26. The lowest BCUT2D eigenvalue weighted by molar-refractivity contribution is 0.483. The molecule has 0 aliphatic rings. The van der Waals surface area contributed by atoms with Gasteiger partial charge in [-0.1, -0.05) is 12.1 Å². The van der Waals surface area contributed by atoms with Crippen LogP contribution in [0.5, 0.6) is 5.75 Å². The normalized spacial score (nSPS) is 11.5. The minimum absolute atomic E-state index is 0.339. The highest BCUT2D eigenvalue weighted by Crippen LogP contribution is 2.35. The number of benzene rings is 1. The maximum atomic E-state index is 9.74. The molecule has 0 aliphatic carbocycles. The van der Waals surface area contributed by atoms with Crippen molar-refractivity contribution in [2.45, 2.75) is 0 Å². The van der Waals surface area contributed by atoms with Crippen LogP contribution in [0.2, 0.25) is 0 Å². The fourth-order valence-electron chi connectivity index (χ4n) is 1.26. The van der Waals surface area contributed by atoms with Crippen LogP contribution in [-0.2, 0) is 0 Å². The minimum Gasteiger partial charge on any atom is -0.506 e. The summed E-state index contributed by atoms with van der Waals surface area (Å²) in [4.78, 5) is 4.71. The number of fused-ring (bicyclic) bond motifs is 1. The smallest absolute Gasteiger partial charge is 0.142 e. The molecular weight excluding hydrogens is 182 g/mol. The van der Waals surface area contributed by atoms with Gasteiger partial charge in [-0.25, -0.2) is 0 Å². The zero-order valence-electron chi connectivity index (χ0n) is 7.19. The molecule has 2 nitrogen and oxygen atoms in total. The standard InChI is InChI=1S/C10H9NOS/c1-11-6-9-10(12)7-4-2-3-5-8(7)13-9/h2-6,12H,1H3. The Kier molecular flexibility index (Phi) is 2.02. The number of hydrogen-bond acceptors (Lipinski definition) is 3. The van der Waals surface area contributed by atoms with Crippen molar-refractivity contribution < 1.29 is 5.11 Å². The molecule has 1 heterocycles. The molecule has 66 valence electrons. The molecule has 0 unspecified atom stereocenters. The third-order valence-electron chi connectivity index (χ3n) is 1.84. The molecule has 2 rings (SSSR count). The summed E-state index contributed by atoms with van der Waals surface area (Å²) < 4.78 is 1.09. The van der Waals surface area contributed by atoms with Gasteiger partial charge in [0.25, 0.3) is 0 Å². The Bertz CT molecular complexity index is 459. The van der Waals surface area contributed by atoms with E-state index in [0.29, 0.717) is 5.75 Å². The third kappa shape index (κ3) is 1.31. The predicted octanol–water partition coefficient (Wildman–Crippen LogP) is 2.66. The lowest BCUT2D eigenvalue weighted by atomic mass is 10.2. The van der Waals surface area contributed by atoms with Crippen molar-refractivity contribution in [1.29, 1.82) is 0 Å². The quantitative estimate of drug-likeness (QED) is 0.690. The number of hydrogen-bond donors (Lipinski definition) is 1. The molecule has 0 atom stereocenters. The molecule has 0 radical (unpaired) electrons. The molecule has 0 bridgehead atoms. The summed E-state index contributed by atoms with van der Waals surface area (Å²) in [5.41, 5.74) is 0. The van der Waals surface area contributed by atoms with Crippen molar-refractivity contribution >= 4 is 27.6 Å². The molecule has 0 spiro atoms. The molecule has 0 amide bonds. The van der Waals surface area contributed by atoms with Crippen LogP contribution in [0, 0.1) is 0 Å². The second kappa shape index (κ2) is 3.18.